The van der Waals surface area contributed by atoms with E-state index < -0.39 is 0 Å². The third kappa shape index (κ3) is 4.17. The largest absolute Gasteiger partial charge is 0.493 e. The molecule has 0 aliphatic carbocycles. The topological polar surface area (TPSA) is 85.0 Å². The van der Waals surface area contributed by atoms with Crippen molar-refractivity contribution in [2.45, 2.75) is 20.3 Å². The fourth-order valence-electron chi connectivity index (χ4n) is 3.94. The summed E-state index contributed by atoms with van der Waals surface area (Å²) in [5.41, 5.74) is 6.40. The zero-order valence-corrected chi connectivity index (χ0v) is 18.8. The van der Waals surface area contributed by atoms with Crippen LogP contribution in [0.1, 0.15) is 16.8 Å². The van der Waals surface area contributed by atoms with E-state index in [1.54, 1.807) is 19.6 Å². The van der Waals surface area contributed by atoms with Gasteiger partial charge in [0.2, 0.25) is 0 Å². The van der Waals surface area contributed by atoms with Gasteiger partial charge in [0.05, 0.1) is 19.2 Å². The Labute approximate surface area is 191 Å². The van der Waals surface area contributed by atoms with Crippen LogP contribution in [0.3, 0.4) is 0 Å². The molecule has 7 nitrogen and oxygen atoms in total. The van der Waals surface area contributed by atoms with Gasteiger partial charge in [-0.3, -0.25) is 4.98 Å². The molecule has 0 atom stereocenters. The van der Waals surface area contributed by atoms with E-state index in [0.717, 1.165) is 34.1 Å². The third-order valence-electron chi connectivity index (χ3n) is 5.86. The number of H-pyrrole nitrogens is 1. The standard InChI is InChI=1S/C26H25N5O2/c1-16-17(2)30-22-7-6-19(11-20(16)22)31-26-21-12-24(32-3)25(13-23(21)28-15-29-26)33-10-8-18-5-4-9-27-14-18/h4-7,9,11-15,30H,8,10H2,1-3H3,(H,28,29,31). The molecule has 0 saturated carbocycles. The minimum absolute atomic E-state index is 0.513. The Morgan fingerprint density at radius 1 is 1.00 bits per heavy atom. The number of anilines is 2. The van der Waals surface area contributed by atoms with Crippen LogP contribution in [0.5, 0.6) is 11.5 Å². The molecule has 2 aromatic carbocycles. The number of rotatable bonds is 7. The minimum atomic E-state index is 0.513. The molecule has 3 aromatic heterocycles. The van der Waals surface area contributed by atoms with E-state index >= 15 is 0 Å². The summed E-state index contributed by atoms with van der Waals surface area (Å²) in [5, 5.41) is 5.49. The second-order valence-electron chi connectivity index (χ2n) is 7.96. The highest BCUT2D eigenvalue weighted by molar-refractivity contribution is 5.94. The van der Waals surface area contributed by atoms with Crippen LogP contribution >= 0.6 is 0 Å². The van der Waals surface area contributed by atoms with Gasteiger partial charge in [-0.2, -0.15) is 0 Å². The van der Waals surface area contributed by atoms with Crippen molar-refractivity contribution in [3.05, 3.63) is 78.0 Å². The molecule has 0 spiro atoms. The van der Waals surface area contributed by atoms with Crippen molar-refractivity contribution in [1.82, 2.24) is 19.9 Å². The van der Waals surface area contributed by atoms with Gasteiger partial charge in [-0.25, -0.2) is 9.97 Å². The molecule has 5 aromatic rings. The lowest BCUT2D eigenvalue weighted by Crippen LogP contribution is -2.04. The van der Waals surface area contributed by atoms with Crippen molar-refractivity contribution in [2.75, 3.05) is 19.0 Å². The zero-order chi connectivity index (χ0) is 22.8. The maximum absolute atomic E-state index is 6.02. The highest BCUT2D eigenvalue weighted by Gasteiger charge is 2.13. The normalized spacial score (nSPS) is 11.1. The first-order chi connectivity index (χ1) is 16.1. The number of aromatic nitrogens is 4. The van der Waals surface area contributed by atoms with Gasteiger partial charge in [0.25, 0.3) is 0 Å². The predicted octanol–water partition coefficient (Wildman–Crippen LogP) is 5.50. The SMILES string of the molecule is COc1cc2c(Nc3ccc4[nH]c(C)c(C)c4c3)ncnc2cc1OCCc1cccnc1. The van der Waals surface area contributed by atoms with Crippen LogP contribution in [0.4, 0.5) is 11.5 Å². The molecule has 2 N–H and O–H groups in total. The van der Waals surface area contributed by atoms with Gasteiger partial charge in [-0.15, -0.1) is 0 Å². The van der Waals surface area contributed by atoms with Crippen molar-refractivity contribution in [2.24, 2.45) is 0 Å². The molecule has 0 aliphatic heterocycles. The summed E-state index contributed by atoms with van der Waals surface area (Å²) >= 11 is 0. The van der Waals surface area contributed by atoms with Crippen LogP contribution in [-0.2, 0) is 6.42 Å². The molecule has 0 saturated heterocycles. The minimum Gasteiger partial charge on any atom is -0.493 e. The molecule has 0 aliphatic rings. The second-order valence-corrected chi connectivity index (χ2v) is 7.96. The van der Waals surface area contributed by atoms with E-state index in [2.05, 4.69) is 51.2 Å². The molecule has 0 radical (unpaired) electrons. The van der Waals surface area contributed by atoms with E-state index in [-0.39, 0.29) is 0 Å². The highest BCUT2D eigenvalue weighted by atomic mass is 16.5. The van der Waals surface area contributed by atoms with E-state index in [1.807, 2.05) is 36.5 Å². The van der Waals surface area contributed by atoms with Crippen LogP contribution in [0.25, 0.3) is 21.8 Å². The number of aryl methyl sites for hydroxylation is 2. The van der Waals surface area contributed by atoms with Crippen molar-refractivity contribution in [1.29, 1.82) is 0 Å². The molecule has 5 rings (SSSR count). The summed E-state index contributed by atoms with van der Waals surface area (Å²) in [5.74, 6) is 2.00. The van der Waals surface area contributed by atoms with Crippen LogP contribution in [0.2, 0.25) is 0 Å². The Kier molecular flexibility index (Phi) is 5.52. The fraction of sp³-hybridized carbons (Fsp3) is 0.192. The van der Waals surface area contributed by atoms with Gasteiger partial charge in [-0.1, -0.05) is 6.07 Å². The third-order valence-corrected chi connectivity index (χ3v) is 5.86. The number of ether oxygens (including phenoxy) is 2. The molecular weight excluding hydrogens is 414 g/mol. The monoisotopic (exact) mass is 439 g/mol. The smallest absolute Gasteiger partial charge is 0.163 e. The number of aromatic amines is 1. The van der Waals surface area contributed by atoms with Crippen molar-refractivity contribution in [3.63, 3.8) is 0 Å². The number of pyridine rings is 1. The van der Waals surface area contributed by atoms with E-state index in [0.29, 0.717) is 23.9 Å². The van der Waals surface area contributed by atoms with Gasteiger partial charge in [0.1, 0.15) is 12.1 Å². The molecule has 0 fully saturated rings. The summed E-state index contributed by atoms with van der Waals surface area (Å²) in [6.45, 7) is 4.72. The van der Waals surface area contributed by atoms with Gasteiger partial charge >= 0.3 is 0 Å². The van der Waals surface area contributed by atoms with Crippen molar-refractivity contribution in [3.8, 4) is 11.5 Å². The Morgan fingerprint density at radius 2 is 1.91 bits per heavy atom. The van der Waals surface area contributed by atoms with Crippen molar-refractivity contribution >= 4 is 33.3 Å². The number of benzene rings is 2. The summed E-state index contributed by atoms with van der Waals surface area (Å²) in [7, 11) is 1.64. The quantitative estimate of drug-likeness (QED) is 0.348. The predicted molar refractivity (Wildman–Crippen MR) is 131 cm³/mol. The van der Waals surface area contributed by atoms with E-state index in [9.17, 15) is 0 Å². The van der Waals surface area contributed by atoms with E-state index in [1.165, 1.54) is 16.6 Å². The maximum atomic E-state index is 6.02. The van der Waals surface area contributed by atoms with Crippen LogP contribution in [-0.4, -0.2) is 33.7 Å². The number of hydrogen-bond acceptors (Lipinski definition) is 6. The first-order valence-corrected chi connectivity index (χ1v) is 10.8. The van der Waals surface area contributed by atoms with Crippen LogP contribution in [0, 0.1) is 13.8 Å². The molecular formula is C26H25N5O2. The van der Waals surface area contributed by atoms with Gasteiger partial charge < -0.3 is 19.8 Å². The molecule has 7 heteroatoms. The average Bonchev–Trinajstić information content (AvgIpc) is 3.12. The lowest BCUT2D eigenvalue weighted by molar-refractivity contribution is 0.298. The molecule has 166 valence electrons. The van der Waals surface area contributed by atoms with Gasteiger partial charge in [-0.05, 0) is 55.3 Å². The second kappa shape index (κ2) is 8.78. The number of methoxy groups -OCH3 is 1. The Hall–Kier alpha value is -4.13. The Morgan fingerprint density at radius 3 is 2.73 bits per heavy atom. The first-order valence-electron chi connectivity index (χ1n) is 10.8. The van der Waals surface area contributed by atoms with Crippen molar-refractivity contribution < 1.29 is 9.47 Å². The zero-order valence-electron chi connectivity index (χ0n) is 18.8. The van der Waals surface area contributed by atoms with Crippen LogP contribution < -0.4 is 14.8 Å². The number of nitrogens with zero attached hydrogens (tertiary/aromatic N) is 3. The summed E-state index contributed by atoms with van der Waals surface area (Å²) < 4.78 is 11.6. The molecule has 0 unspecified atom stereocenters. The summed E-state index contributed by atoms with van der Waals surface area (Å²) in [6, 6.07) is 14.0. The summed E-state index contributed by atoms with van der Waals surface area (Å²) in [6.07, 6.45) is 5.92. The molecule has 3 heterocycles. The molecule has 0 bridgehead atoms. The highest BCUT2D eigenvalue weighted by Crippen LogP contribution is 2.35. The fourth-order valence-corrected chi connectivity index (χ4v) is 3.94. The Balaban J connectivity index is 1.42. The maximum Gasteiger partial charge on any atom is 0.163 e. The average molecular weight is 440 g/mol. The number of fused-ring (bicyclic) bond motifs is 2. The van der Waals surface area contributed by atoms with Gasteiger partial charge in [0.15, 0.2) is 11.5 Å². The first kappa shape index (κ1) is 20.8. The summed E-state index contributed by atoms with van der Waals surface area (Å²) in [4.78, 5) is 16.5. The van der Waals surface area contributed by atoms with Gasteiger partial charge in [0, 0.05) is 52.6 Å². The number of nitrogens with one attached hydrogen (secondary N) is 2. The lowest BCUT2D eigenvalue weighted by atomic mass is 10.1. The Bertz CT molecular complexity index is 1430. The van der Waals surface area contributed by atoms with E-state index in [4.69, 9.17) is 9.47 Å². The molecule has 0 amide bonds. The lowest BCUT2D eigenvalue weighted by Gasteiger charge is -2.14. The molecule has 33 heavy (non-hydrogen) atoms. The van der Waals surface area contributed by atoms with Crippen LogP contribution in [0.15, 0.2) is 61.2 Å². The number of hydrogen-bond donors (Lipinski definition) is 2.